The Bertz CT molecular complexity index is 923. The lowest BCUT2D eigenvalue weighted by Crippen LogP contribution is -2.48. The molecule has 1 aromatic carbocycles. The molecule has 0 aliphatic heterocycles. The summed E-state index contributed by atoms with van der Waals surface area (Å²) in [5, 5.41) is 3.14. The molecule has 0 aliphatic rings. The van der Waals surface area contributed by atoms with Crippen LogP contribution in [0, 0.1) is 6.92 Å². The van der Waals surface area contributed by atoms with Crippen LogP contribution < -0.4 is 5.32 Å². The van der Waals surface area contributed by atoms with Gasteiger partial charge in [0.05, 0.1) is 13.2 Å². The maximum Gasteiger partial charge on any atom is 0.322 e. The quantitative estimate of drug-likeness (QED) is 0.453. The minimum absolute atomic E-state index is 0.0340. The van der Waals surface area contributed by atoms with Gasteiger partial charge in [0.1, 0.15) is 18.1 Å². The van der Waals surface area contributed by atoms with Gasteiger partial charge in [0.15, 0.2) is 0 Å². The Labute approximate surface area is 204 Å². The lowest BCUT2D eigenvalue weighted by atomic mass is 9.93. The van der Waals surface area contributed by atoms with E-state index in [1.54, 1.807) is 16.9 Å². The maximum absolute atomic E-state index is 13.4. The van der Waals surface area contributed by atoms with Crippen LogP contribution >= 0.6 is 0 Å². The van der Waals surface area contributed by atoms with E-state index in [0.717, 1.165) is 22.6 Å². The molecule has 0 saturated carbocycles. The molecule has 7 heteroatoms. The SMILES string of the molecule is COCCN(Cc1ccc(C)o1)C(=O)CN(C(=O)Nc1c(C(C)C)cccc1C(C)C)C(C)C. The van der Waals surface area contributed by atoms with Gasteiger partial charge in [-0.25, -0.2) is 4.79 Å². The number of furan rings is 1. The van der Waals surface area contributed by atoms with Crippen LogP contribution in [0.5, 0.6) is 0 Å². The molecule has 188 valence electrons. The number of para-hydroxylation sites is 1. The molecule has 0 aliphatic carbocycles. The number of amides is 3. The van der Waals surface area contributed by atoms with E-state index in [2.05, 4.69) is 45.1 Å². The highest BCUT2D eigenvalue weighted by atomic mass is 16.5. The molecule has 1 N–H and O–H groups in total. The molecule has 0 bridgehead atoms. The predicted molar refractivity (Wildman–Crippen MR) is 136 cm³/mol. The van der Waals surface area contributed by atoms with E-state index in [1.807, 2.05) is 39.0 Å². The summed E-state index contributed by atoms with van der Waals surface area (Å²) in [6.07, 6.45) is 0. The molecule has 1 aromatic heterocycles. The maximum atomic E-state index is 13.4. The summed E-state index contributed by atoms with van der Waals surface area (Å²) in [4.78, 5) is 30.0. The number of methoxy groups -OCH3 is 1. The number of anilines is 1. The topological polar surface area (TPSA) is 75.0 Å². The zero-order valence-electron chi connectivity index (χ0n) is 22.0. The Balaban J connectivity index is 2.25. The number of nitrogens with one attached hydrogen (secondary N) is 1. The van der Waals surface area contributed by atoms with Gasteiger partial charge in [0.25, 0.3) is 0 Å². The van der Waals surface area contributed by atoms with Crippen LogP contribution in [0.1, 0.15) is 76.0 Å². The molecule has 0 atom stereocenters. The molecule has 0 fully saturated rings. The molecule has 0 radical (unpaired) electrons. The molecule has 0 saturated heterocycles. The molecule has 2 aromatic rings. The van der Waals surface area contributed by atoms with Crippen molar-refractivity contribution in [2.45, 2.75) is 72.9 Å². The van der Waals surface area contributed by atoms with Crippen molar-refractivity contribution in [3.05, 3.63) is 53.0 Å². The van der Waals surface area contributed by atoms with Crippen LogP contribution in [-0.2, 0) is 16.1 Å². The number of hydrogen-bond donors (Lipinski definition) is 1. The van der Waals surface area contributed by atoms with Gasteiger partial charge in [-0.2, -0.15) is 0 Å². The van der Waals surface area contributed by atoms with Crippen molar-refractivity contribution < 1.29 is 18.7 Å². The van der Waals surface area contributed by atoms with E-state index in [1.165, 1.54) is 0 Å². The smallest absolute Gasteiger partial charge is 0.322 e. The van der Waals surface area contributed by atoms with Gasteiger partial charge in [-0.3, -0.25) is 4.79 Å². The molecular formula is C27H41N3O4. The number of nitrogens with zero attached hydrogens (tertiary/aromatic N) is 2. The first-order valence-electron chi connectivity index (χ1n) is 12.1. The zero-order valence-corrected chi connectivity index (χ0v) is 22.0. The monoisotopic (exact) mass is 471 g/mol. The summed E-state index contributed by atoms with van der Waals surface area (Å²) in [6.45, 7) is 15.3. The second-order valence-electron chi connectivity index (χ2n) is 9.59. The predicted octanol–water partition coefficient (Wildman–Crippen LogP) is 5.75. The van der Waals surface area contributed by atoms with Crippen molar-refractivity contribution in [3.8, 4) is 0 Å². The van der Waals surface area contributed by atoms with Gasteiger partial charge in [-0.05, 0) is 55.9 Å². The third-order valence-corrected chi connectivity index (χ3v) is 5.86. The van der Waals surface area contributed by atoms with E-state index in [4.69, 9.17) is 9.15 Å². The first-order valence-corrected chi connectivity index (χ1v) is 12.1. The first kappa shape index (κ1) is 27.4. The normalized spacial score (nSPS) is 11.4. The average Bonchev–Trinajstić information content (AvgIpc) is 3.18. The van der Waals surface area contributed by atoms with Crippen LogP contribution in [0.15, 0.2) is 34.7 Å². The highest BCUT2D eigenvalue weighted by molar-refractivity contribution is 5.94. The van der Waals surface area contributed by atoms with Crippen molar-refractivity contribution in [3.63, 3.8) is 0 Å². The largest absolute Gasteiger partial charge is 0.464 e. The van der Waals surface area contributed by atoms with Crippen molar-refractivity contribution in [2.75, 3.05) is 32.1 Å². The van der Waals surface area contributed by atoms with Crippen molar-refractivity contribution in [1.29, 1.82) is 0 Å². The Kier molecular flexibility index (Phi) is 10.2. The fourth-order valence-corrected chi connectivity index (χ4v) is 3.86. The summed E-state index contributed by atoms with van der Waals surface area (Å²) in [5.41, 5.74) is 3.02. The number of urea groups is 1. The molecule has 1 heterocycles. The number of carbonyl (C=O) groups is 2. The molecular weight excluding hydrogens is 430 g/mol. The van der Waals surface area contributed by atoms with Crippen LogP contribution in [0.25, 0.3) is 0 Å². The highest BCUT2D eigenvalue weighted by Gasteiger charge is 2.26. The molecule has 0 unspecified atom stereocenters. The zero-order chi connectivity index (χ0) is 25.4. The number of carbonyl (C=O) groups excluding carboxylic acids is 2. The molecule has 34 heavy (non-hydrogen) atoms. The van der Waals surface area contributed by atoms with Crippen LogP contribution in [0.3, 0.4) is 0 Å². The Hall–Kier alpha value is -2.80. The van der Waals surface area contributed by atoms with Gasteiger partial charge in [-0.15, -0.1) is 0 Å². The van der Waals surface area contributed by atoms with E-state index in [9.17, 15) is 9.59 Å². The lowest BCUT2D eigenvalue weighted by molar-refractivity contribution is -0.133. The summed E-state index contributed by atoms with van der Waals surface area (Å²) in [7, 11) is 1.60. The molecule has 0 spiro atoms. The Morgan fingerprint density at radius 1 is 1.00 bits per heavy atom. The van der Waals surface area contributed by atoms with Crippen LogP contribution in [0.4, 0.5) is 10.5 Å². The van der Waals surface area contributed by atoms with Crippen LogP contribution in [-0.4, -0.2) is 54.6 Å². The van der Waals surface area contributed by atoms with Crippen molar-refractivity contribution >= 4 is 17.6 Å². The van der Waals surface area contributed by atoms with Crippen molar-refractivity contribution in [1.82, 2.24) is 9.80 Å². The van der Waals surface area contributed by atoms with E-state index in [-0.39, 0.29) is 36.4 Å². The van der Waals surface area contributed by atoms with Gasteiger partial charge < -0.3 is 24.3 Å². The van der Waals surface area contributed by atoms with E-state index in [0.29, 0.717) is 25.5 Å². The van der Waals surface area contributed by atoms with Gasteiger partial charge in [0.2, 0.25) is 5.91 Å². The third kappa shape index (κ3) is 7.35. The summed E-state index contributed by atoms with van der Waals surface area (Å²) < 4.78 is 10.9. The molecule has 7 nitrogen and oxygen atoms in total. The van der Waals surface area contributed by atoms with Crippen molar-refractivity contribution in [2.24, 2.45) is 0 Å². The lowest BCUT2D eigenvalue weighted by Gasteiger charge is -2.31. The number of hydrogen-bond acceptors (Lipinski definition) is 4. The number of ether oxygens (including phenoxy) is 1. The summed E-state index contributed by atoms with van der Waals surface area (Å²) in [5.74, 6) is 1.85. The number of benzene rings is 1. The Morgan fingerprint density at radius 2 is 1.62 bits per heavy atom. The van der Waals surface area contributed by atoms with E-state index < -0.39 is 0 Å². The number of rotatable bonds is 11. The fourth-order valence-electron chi connectivity index (χ4n) is 3.86. The van der Waals surface area contributed by atoms with Crippen LogP contribution in [0.2, 0.25) is 0 Å². The summed E-state index contributed by atoms with van der Waals surface area (Å²) >= 11 is 0. The fraction of sp³-hybridized carbons (Fsp3) is 0.556. The summed E-state index contributed by atoms with van der Waals surface area (Å²) in [6, 6.07) is 9.44. The minimum atomic E-state index is -0.279. The van der Waals surface area contributed by atoms with Gasteiger partial charge in [0, 0.05) is 25.4 Å². The average molecular weight is 472 g/mol. The standard InChI is InChI=1S/C27H41N3O4/c1-18(2)23-10-9-11-24(19(3)4)26(23)28-27(32)30(20(5)6)17-25(31)29(14-15-33-8)16-22-13-12-21(7)34-22/h9-13,18-20H,14-17H2,1-8H3,(H,28,32). The second-order valence-corrected chi connectivity index (χ2v) is 9.59. The molecule has 2 rings (SSSR count). The Morgan fingerprint density at radius 3 is 2.09 bits per heavy atom. The third-order valence-electron chi connectivity index (χ3n) is 5.86. The van der Waals surface area contributed by atoms with E-state index >= 15 is 0 Å². The number of aryl methyl sites for hydroxylation is 1. The van der Waals surface area contributed by atoms with Gasteiger partial charge >= 0.3 is 6.03 Å². The highest BCUT2D eigenvalue weighted by Crippen LogP contribution is 2.32. The van der Waals surface area contributed by atoms with Gasteiger partial charge in [-0.1, -0.05) is 45.9 Å². The first-order chi connectivity index (χ1) is 16.0. The second kappa shape index (κ2) is 12.6. The minimum Gasteiger partial charge on any atom is -0.464 e. The molecule has 3 amide bonds.